The highest BCUT2D eigenvalue weighted by molar-refractivity contribution is 4.86. The van der Waals surface area contributed by atoms with E-state index in [1.807, 2.05) is 0 Å². The third-order valence-electron chi connectivity index (χ3n) is 4.18. The van der Waals surface area contributed by atoms with E-state index in [9.17, 15) is 10.2 Å². The summed E-state index contributed by atoms with van der Waals surface area (Å²) in [4.78, 5) is 0. The molecule has 94 valence electrons. The average molecular weight is 227 g/mol. The van der Waals surface area contributed by atoms with Crippen LogP contribution in [0, 0.1) is 11.8 Å². The summed E-state index contributed by atoms with van der Waals surface area (Å²) >= 11 is 0. The Hall–Kier alpha value is -0.120. The third kappa shape index (κ3) is 3.44. The van der Waals surface area contributed by atoms with Crippen molar-refractivity contribution in [2.45, 2.75) is 69.6 Å². The summed E-state index contributed by atoms with van der Waals surface area (Å²) in [5.41, 5.74) is 5.92. The Morgan fingerprint density at radius 3 is 2.06 bits per heavy atom. The first-order valence-electron chi connectivity index (χ1n) is 6.78. The zero-order chi connectivity index (χ0) is 11.5. The van der Waals surface area contributed by atoms with Crippen molar-refractivity contribution >= 4 is 0 Å². The van der Waals surface area contributed by atoms with Crippen molar-refractivity contribution in [3.05, 3.63) is 0 Å². The van der Waals surface area contributed by atoms with E-state index < -0.39 is 12.2 Å². The second kappa shape index (κ2) is 5.48. The van der Waals surface area contributed by atoms with Crippen LogP contribution in [0.5, 0.6) is 0 Å². The minimum Gasteiger partial charge on any atom is -0.390 e. The van der Waals surface area contributed by atoms with Crippen LogP contribution in [-0.2, 0) is 0 Å². The smallest absolute Gasteiger partial charge is 0.0949 e. The Labute approximate surface area is 98.0 Å². The van der Waals surface area contributed by atoms with E-state index in [0.29, 0.717) is 11.8 Å². The van der Waals surface area contributed by atoms with Crippen LogP contribution in [0.3, 0.4) is 0 Å². The van der Waals surface area contributed by atoms with Crippen LogP contribution >= 0.6 is 0 Å². The third-order valence-corrected chi connectivity index (χ3v) is 4.18. The molecule has 0 bridgehead atoms. The lowest BCUT2D eigenvalue weighted by atomic mass is 9.92. The monoisotopic (exact) mass is 227 g/mol. The molecule has 2 aliphatic carbocycles. The molecule has 0 aromatic rings. The molecule has 0 heterocycles. The summed E-state index contributed by atoms with van der Waals surface area (Å²) in [5.74, 6) is 1.32. The molecule has 4 N–H and O–H groups in total. The van der Waals surface area contributed by atoms with Gasteiger partial charge >= 0.3 is 0 Å². The van der Waals surface area contributed by atoms with Crippen molar-refractivity contribution < 1.29 is 10.2 Å². The topological polar surface area (TPSA) is 66.5 Å². The number of nitrogens with two attached hydrogens (primary N) is 1. The van der Waals surface area contributed by atoms with Crippen LogP contribution in [0.15, 0.2) is 0 Å². The minimum atomic E-state index is -0.721. The number of aliphatic hydroxyl groups is 2. The Bertz CT molecular complexity index is 212. The molecule has 0 aromatic carbocycles. The van der Waals surface area contributed by atoms with Crippen LogP contribution in [-0.4, -0.2) is 28.5 Å². The number of hydrogen-bond acceptors (Lipinski definition) is 3. The molecule has 0 amide bonds. The van der Waals surface area contributed by atoms with Crippen LogP contribution in [0.2, 0.25) is 0 Å². The Morgan fingerprint density at radius 1 is 0.938 bits per heavy atom. The number of rotatable bonds is 6. The maximum atomic E-state index is 9.95. The average Bonchev–Trinajstić information content (AvgIpc) is 2.92. The first-order valence-corrected chi connectivity index (χ1v) is 6.78. The zero-order valence-electron chi connectivity index (χ0n) is 10.0. The summed E-state index contributed by atoms with van der Waals surface area (Å²) in [5, 5.41) is 19.9. The quantitative estimate of drug-likeness (QED) is 0.643. The van der Waals surface area contributed by atoms with Crippen molar-refractivity contribution in [3.8, 4) is 0 Å². The summed E-state index contributed by atoms with van der Waals surface area (Å²) < 4.78 is 0. The molecule has 0 aromatic heterocycles. The molecule has 0 saturated heterocycles. The second-order valence-electron chi connectivity index (χ2n) is 5.79. The molecule has 2 aliphatic rings. The molecule has 3 atom stereocenters. The second-order valence-corrected chi connectivity index (χ2v) is 5.79. The van der Waals surface area contributed by atoms with Gasteiger partial charge in [0.2, 0.25) is 0 Å². The van der Waals surface area contributed by atoms with Gasteiger partial charge in [0.15, 0.2) is 0 Å². The predicted octanol–water partition coefficient (Wildman–Crippen LogP) is 1.42. The fourth-order valence-corrected chi connectivity index (χ4v) is 2.89. The zero-order valence-corrected chi connectivity index (χ0v) is 10.0. The van der Waals surface area contributed by atoms with E-state index in [1.54, 1.807) is 0 Å². The molecule has 3 heteroatoms. The van der Waals surface area contributed by atoms with Gasteiger partial charge in [0, 0.05) is 6.04 Å². The van der Waals surface area contributed by atoms with Crippen molar-refractivity contribution in [1.29, 1.82) is 0 Å². The number of aliphatic hydroxyl groups excluding tert-OH is 2. The fraction of sp³-hybridized carbons (Fsp3) is 1.00. The maximum absolute atomic E-state index is 9.95. The van der Waals surface area contributed by atoms with E-state index in [4.69, 9.17) is 5.73 Å². The van der Waals surface area contributed by atoms with E-state index in [2.05, 4.69) is 0 Å². The van der Waals surface area contributed by atoms with Gasteiger partial charge in [-0.25, -0.2) is 0 Å². The van der Waals surface area contributed by atoms with Crippen molar-refractivity contribution in [2.75, 3.05) is 0 Å². The molecule has 2 saturated carbocycles. The fourth-order valence-electron chi connectivity index (χ4n) is 2.89. The van der Waals surface area contributed by atoms with Crippen molar-refractivity contribution in [1.82, 2.24) is 0 Å². The van der Waals surface area contributed by atoms with Crippen LogP contribution in [0.1, 0.15) is 51.4 Å². The van der Waals surface area contributed by atoms with Gasteiger partial charge in [-0.15, -0.1) is 0 Å². The standard InChI is InChI=1S/C13H25NO2/c14-11(7-10-5-6-10)13(16)12(15)8-9-3-1-2-4-9/h9-13,15-16H,1-8,14H2/t11-,12+,13-/m0/s1. The first kappa shape index (κ1) is 12.3. The molecule has 0 aliphatic heterocycles. The van der Waals surface area contributed by atoms with Crippen molar-refractivity contribution in [2.24, 2.45) is 17.6 Å². The number of hydrogen-bond donors (Lipinski definition) is 3. The molecule has 0 spiro atoms. The van der Waals surface area contributed by atoms with Gasteiger partial charge in [-0.3, -0.25) is 0 Å². The maximum Gasteiger partial charge on any atom is 0.0949 e. The molecule has 16 heavy (non-hydrogen) atoms. The van der Waals surface area contributed by atoms with Gasteiger partial charge in [0.05, 0.1) is 12.2 Å². The molecule has 2 rings (SSSR count). The lowest BCUT2D eigenvalue weighted by Crippen LogP contribution is -2.43. The van der Waals surface area contributed by atoms with Gasteiger partial charge in [0.1, 0.15) is 0 Å². The summed E-state index contributed by atoms with van der Waals surface area (Å²) in [6, 6.07) is -0.232. The Morgan fingerprint density at radius 2 is 1.50 bits per heavy atom. The highest BCUT2D eigenvalue weighted by Crippen LogP contribution is 2.34. The van der Waals surface area contributed by atoms with E-state index in [0.717, 1.165) is 12.8 Å². The largest absolute Gasteiger partial charge is 0.390 e. The molecular formula is C13H25NO2. The van der Waals surface area contributed by atoms with Crippen LogP contribution in [0.4, 0.5) is 0 Å². The minimum absolute atomic E-state index is 0.232. The van der Waals surface area contributed by atoms with Gasteiger partial charge in [-0.05, 0) is 24.7 Å². The van der Waals surface area contributed by atoms with E-state index in [1.165, 1.54) is 38.5 Å². The molecule has 2 fully saturated rings. The summed E-state index contributed by atoms with van der Waals surface area (Å²) in [6.07, 6.45) is 7.76. The van der Waals surface area contributed by atoms with Gasteiger partial charge < -0.3 is 15.9 Å². The highest BCUT2D eigenvalue weighted by Gasteiger charge is 2.31. The van der Waals surface area contributed by atoms with Gasteiger partial charge in [0.25, 0.3) is 0 Å². The molecule has 3 nitrogen and oxygen atoms in total. The normalized spacial score (nSPS) is 27.9. The van der Waals surface area contributed by atoms with Crippen LogP contribution in [0.25, 0.3) is 0 Å². The molecule has 0 unspecified atom stereocenters. The first-order chi connectivity index (χ1) is 7.66. The Balaban J connectivity index is 1.70. The molecular weight excluding hydrogens is 202 g/mol. The lowest BCUT2D eigenvalue weighted by Gasteiger charge is -2.25. The van der Waals surface area contributed by atoms with E-state index in [-0.39, 0.29) is 6.04 Å². The predicted molar refractivity (Wildman–Crippen MR) is 63.9 cm³/mol. The summed E-state index contributed by atoms with van der Waals surface area (Å²) in [7, 11) is 0. The Kier molecular flexibility index (Phi) is 4.22. The lowest BCUT2D eigenvalue weighted by molar-refractivity contribution is -0.0109. The van der Waals surface area contributed by atoms with Gasteiger partial charge in [-0.1, -0.05) is 38.5 Å². The SMILES string of the molecule is N[C@@H](CC1CC1)[C@H](O)[C@H](O)CC1CCCC1. The highest BCUT2D eigenvalue weighted by atomic mass is 16.3. The van der Waals surface area contributed by atoms with E-state index >= 15 is 0 Å². The summed E-state index contributed by atoms with van der Waals surface area (Å²) in [6.45, 7) is 0. The van der Waals surface area contributed by atoms with Gasteiger partial charge in [-0.2, -0.15) is 0 Å². The van der Waals surface area contributed by atoms with Crippen molar-refractivity contribution in [3.63, 3.8) is 0 Å². The molecule has 0 radical (unpaired) electrons. The van der Waals surface area contributed by atoms with Crippen LogP contribution < -0.4 is 5.73 Å².